The summed E-state index contributed by atoms with van der Waals surface area (Å²) < 4.78 is 21.1. The van der Waals surface area contributed by atoms with Crippen LogP contribution in [-0.2, 0) is 18.9 Å². The average Bonchev–Trinajstić information content (AvgIpc) is 3.03. The standard InChI is InChI=1S/C19H27NO12/c20-9-3-1-8(2-4-9)17(28)29-6-11-12(23)14(25)15(26)18(30-11)32-19(7-22)16(27)13(24)10(5-21)31-19/h1-4,10-16,18,21-27H,5-7,20H2. The van der Waals surface area contributed by atoms with Crippen molar-refractivity contribution in [3.63, 3.8) is 0 Å². The molecule has 0 amide bonds. The highest BCUT2D eigenvalue weighted by molar-refractivity contribution is 5.89. The first-order valence-electron chi connectivity index (χ1n) is 9.79. The Labute approximate surface area is 182 Å². The zero-order valence-electron chi connectivity index (χ0n) is 16.8. The summed E-state index contributed by atoms with van der Waals surface area (Å²) in [5.74, 6) is -3.07. The van der Waals surface area contributed by atoms with Gasteiger partial charge in [0.1, 0.15) is 55.9 Å². The van der Waals surface area contributed by atoms with Crippen molar-refractivity contribution in [2.45, 2.75) is 54.8 Å². The van der Waals surface area contributed by atoms with E-state index >= 15 is 0 Å². The Morgan fingerprint density at radius 3 is 2.19 bits per heavy atom. The molecule has 0 radical (unpaired) electrons. The zero-order chi connectivity index (χ0) is 23.6. The average molecular weight is 461 g/mol. The lowest BCUT2D eigenvalue weighted by Gasteiger charge is -2.43. The molecule has 3 rings (SSSR count). The number of hydrogen-bond donors (Lipinski definition) is 8. The first-order valence-corrected chi connectivity index (χ1v) is 9.79. The van der Waals surface area contributed by atoms with Gasteiger partial charge in [-0.1, -0.05) is 0 Å². The molecule has 9 unspecified atom stereocenters. The third-order valence-electron chi connectivity index (χ3n) is 5.42. The zero-order valence-corrected chi connectivity index (χ0v) is 16.8. The molecule has 9 N–H and O–H groups in total. The third kappa shape index (κ3) is 4.72. The molecule has 2 fully saturated rings. The monoisotopic (exact) mass is 461 g/mol. The van der Waals surface area contributed by atoms with Crippen molar-refractivity contribution in [1.82, 2.24) is 0 Å². The maximum Gasteiger partial charge on any atom is 0.338 e. The number of nitrogen functional groups attached to an aromatic ring is 1. The van der Waals surface area contributed by atoms with Gasteiger partial charge in [0, 0.05) is 5.69 Å². The van der Waals surface area contributed by atoms with Crippen LogP contribution in [0.4, 0.5) is 5.69 Å². The summed E-state index contributed by atoms with van der Waals surface area (Å²) in [5, 5.41) is 69.8. The molecule has 13 heteroatoms. The van der Waals surface area contributed by atoms with E-state index in [1.54, 1.807) is 0 Å². The summed E-state index contributed by atoms with van der Waals surface area (Å²) >= 11 is 0. The Balaban J connectivity index is 1.69. The second-order valence-electron chi connectivity index (χ2n) is 7.60. The quantitative estimate of drug-likeness (QED) is 0.144. The van der Waals surface area contributed by atoms with E-state index in [-0.39, 0.29) is 5.56 Å². The minimum atomic E-state index is -2.30. The van der Waals surface area contributed by atoms with Gasteiger partial charge in [0.25, 0.3) is 0 Å². The molecule has 0 spiro atoms. The molecule has 180 valence electrons. The lowest BCUT2D eigenvalue weighted by atomic mass is 9.99. The number of nitrogens with two attached hydrogens (primary N) is 1. The molecule has 0 aromatic heterocycles. The Bertz CT molecular complexity index is 778. The molecular formula is C19H27NO12. The van der Waals surface area contributed by atoms with Crippen LogP contribution in [0.5, 0.6) is 0 Å². The van der Waals surface area contributed by atoms with Crippen LogP contribution in [0.1, 0.15) is 10.4 Å². The van der Waals surface area contributed by atoms with Crippen LogP contribution < -0.4 is 5.73 Å². The highest BCUT2D eigenvalue weighted by atomic mass is 16.8. The lowest BCUT2D eigenvalue weighted by Crippen LogP contribution is -2.62. The molecule has 1 aromatic rings. The molecule has 2 saturated heterocycles. The summed E-state index contributed by atoms with van der Waals surface area (Å²) in [5.41, 5.74) is 6.17. The van der Waals surface area contributed by atoms with Crippen molar-refractivity contribution in [1.29, 1.82) is 0 Å². The first kappa shape index (κ1) is 24.7. The number of aliphatic hydroxyl groups excluding tert-OH is 7. The molecule has 13 nitrogen and oxygen atoms in total. The second kappa shape index (κ2) is 9.93. The summed E-state index contributed by atoms with van der Waals surface area (Å²) in [6, 6.07) is 5.82. The minimum Gasteiger partial charge on any atom is -0.459 e. The van der Waals surface area contributed by atoms with Gasteiger partial charge in [0.15, 0.2) is 6.29 Å². The van der Waals surface area contributed by atoms with Crippen LogP contribution in [0.15, 0.2) is 24.3 Å². The van der Waals surface area contributed by atoms with E-state index in [1.807, 2.05) is 0 Å². The van der Waals surface area contributed by atoms with Crippen molar-refractivity contribution in [3.05, 3.63) is 29.8 Å². The molecular weight excluding hydrogens is 434 g/mol. The fourth-order valence-corrected chi connectivity index (χ4v) is 3.48. The van der Waals surface area contributed by atoms with E-state index in [4.69, 9.17) is 24.7 Å². The molecule has 0 aliphatic carbocycles. The summed E-state index contributed by atoms with van der Waals surface area (Å²) in [4.78, 5) is 12.2. The SMILES string of the molecule is Nc1ccc(C(=O)OCC2OC(OC3(CO)OC(CO)C(O)C3O)C(O)C(O)C2O)cc1. The largest absolute Gasteiger partial charge is 0.459 e. The molecule has 32 heavy (non-hydrogen) atoms. The molecule has 2 aliphatic heterocycles. The first-order chi connectivity index (χ1) is 15.1. The van der Waals surface area contributed by atoms with Gasteiger partial charge in [0.2, 0.25) is 5.79 Å². The maximum absolute atomic E-state index is 12.2. The minimum absolute atomic E-state index is 0.170. The number of esters is 1. The van der Waals surface area contributed by atoms with Crippen LogP contribution >= 0.6 is 0 Å². The highest BCUT2D eigenvalue weighted by Crippen LogP contribution is 2.36. The summed E-state index contributed by atoms with van der Waals surface area (Å²) in [6.07, 6.45) is -13.3. The fraction of sp³-hybridized carbons (Fsp3) is 0.632. The third-order valence-corrected chi connectivity index (χ3v) is 5.42. The van der Waals surface area contributed by atoms with Gasteiger partial charge in [-0.05, 0) is 24.3 Å². The van der Waals surface area contributed by atoms with Crippen molar-refractivity contribution in [2.75, 3.05) is 25.6 Å². The van der Waals surface area contributed by atoms with Crippen molar-refractivity contribution >= 4 is 11.7 Å². The smallest absolute Gasteiger partial charge is 0.338 e. The van der Waals surface area contributed by atoms with Gasteiger partial charge in [-0.15, -0.1) is 0 Å². The molecule has 9 atom stereocenters. The van der Waals surface area contributed by atoms with Crippen molar-refractivity contribution in [2.24, 2.45) is 0 Å². The van der Waals surface area contributed by atoms with E-state index in [0.717, 1.165) is 0 Å². The van der Waals surface area contributed by atoms with E-state index in [9.17, 15) is 40.5 Å². The molecule has 0 bridgehead atoms. The Hall–Kier alpha value is -1.91. The predicted octanol–water partition coefficient (Wildman–Crippen LogP) is -3.95. The van der Waals surface area contributed by atoms with E-state index in [2.05, 4.69) is 0 Å². The number of carbonyl (C=O) groups excluding carboxylic acids is 1. The number of hydrogen-bond acceptors (Lipinski definition) is 13. The Morgan fingerprint density at radius 2 is 1.62 bits per heavy atom. The van der Waals surface area contributed by atoms with E-state index < -0.39 is 80.6 Å². The molecule has 1 aromatic carbocycles. The number of benzene rings is 1. The molecule has 2 aliphatic rings. The summed E-state index contributed by atoms with van der Waals surface area (Å²) in [7, 11) is 0. The van der Waals surface area contributed by atoms with Gasteiger partial charge in [0.05, 0.1) is 12.2 Å². The van der Waals surface area contributed by atoms with Gasteiger partial charge in [-0.3, -0.25) is 0 Å². The van der Waals surface area contributed by atoms with Crippen LogP contribution in [0.3, 0.4) is 0 Å². The number of rotatable bonds is 7. The van der Waals surface area contributed by atoms with Gasteiger partial charge >= 0.3 is 5.97 Å². The summed E-state index contributed by atoms with van der Waals surface area (Å²) in [6.45, 7) is -2.27. The topological polar surface area (TPSA) is 222 Å². The van der Waals surface area contributed by atoms with Crippen LogP contribution in [0.2, 0.25) is 0 Å². The van der Waals surface area contributed by atoms with Crippen molar-refractivity contribution in [3.8, 4) is 0 Å². The normalized spacial score (nSPS) is 39.7. The fourth-order valence-electron chi connectivity index (χ4n) is 3.48. The second-order valence-corrected chi connectivity index (χ2v) is 7.60. The van der Waals surface area contributed by atoms with Gasteiger partial charge in [-0.2, -0.15) is 0 Å². The Morgan fingerprint density at radius 1 is 0.969 bits per heavy atom. The number of aliphatic hydroxyl groups is 7. The lowest BCUT2D eigenvalue weighted by molar-refractivity contribution is -0.383. The number of ether oxygens (including phenoxy) is 4. The van der Waals surface area contributed by atoms with Crippen LogP contribution in [-0.4, -0.2) is 116 Å². The molecule has 0 saturated carbocycles. The van der Waals surface area contributed by atoms with E-state index in [0.29, 0.717) is 5.69 Å². The van der Waals surface area contributed by atoms with Crippen molar-refractivity contribution < 1.29 is 59.5 Å². The van der Waals surface area contributed by atoms with E-state index in [1.165, 1.54) is 24.3 Å². The van der Waals surface area contributed by atoms with Gasteiger partial charge in [-0.25, -0.2) is 4.79 Å². The van der Waals surface area contributed by atoms with Crippen LogP contribution in [0, 0.1) is 0 Å². The Kier molecular flexibility index (Phi) is 7.67. The van der Waals surface area contributed by atoms with Crippen LogP contribution in [0.25, 0.3) is 0 Å². The maximum atomic E-state index is 12.2. The van der Waals surface area contributed by atoms with Gasteiger partial charge < -0.3 is 60.4 Å². The number of anilines is 1. The predicted molar refractivity (Wildman–Crippen MR) is 103 cm³/mol. The number of carbonyl (C=O) groups is 1. The highest BCUT2D eigenvalue weighted by Gasteiger charge is 2.58. The molecule has 2 heterocycles.